The van der Waals surface area contributed by atoms with Crippen molar-refractivity contribution in [1.29, 1.82) is 0 Å². The molecule has 0 aliphatic heterocycles. The lowest BCUT2D eigenvalue weighted by Crippen LogP contribution is -2.32. The first-order valence-corrected chi connectivity index (χ1v) is 7.50. The molecule has 20 heavy (non-hydrogen) atoms. The van der Waals surface area contributed by atoms with Gasteiger partial charge in [0.05, 0.1) is 12.7 Å². The molecular formula is C12H17F2NO4S. The largest absolute Gasteiger partial charge is 0.392 e. The molecule has 2 N–H and O–H groups in total. The van der Waals surface area contributed by atoms with Crippen molar-refractivity contribution in [1.82, 2.24) is 4.72 Å². The van der Waals surface area contributed by atoms with Gasteiger partial charge in [0.15, 0.2) is 11.6 Å². The van der Waals surface area contributed by atoms with Crippen molar-refractivity contribution in [2.75, 3.05) is 13.2 Å². The van der Waals surface area contributed by atoms with E-state index in [1.807, 2.05) is 0 Å². The van der Waals surface area contributed by atoms with Gasteiger partial charge in [-0.2, -0.15) is 0 Å². The van der Waals surface area contributed by atoms with Crippen LogP contribution >= 0.6 is 0 Å². The summed E-state index contributed by atoms with van der Waals surface area (Å²) < 4.78 is 58.0. The zero-order valence-electron chi connectivity index (χ0n) is 11.2. The molecule has 0 spiro atoms. The van der Waals surface area contributed by atoms with Crippen molar-refractivity contribution in [3.05, 3.63) is 29.3 Å². The summed E-state index contributed by atoms with van der Waals surface area (Å²) in [7, 11) is -4.22. The number of aliphatic hydroxyl groups excluding tert-OH is 1. The smallest absolute Gasteiger partial charge is 0.243 e. The number of rotatable bonds is 7. The Labute approximate surface area is 116 Å². The highest BCUT2D eigenvalue weighted by molar-refractivity contribution is 7.89. The second-order valence-corrected chi connectivity index (χ2v) is 5.90. The van der Waals surface area contributed by atoms with Crippen LogP contribution in [0.25, 0.3) is 0 Å². The van der Waals surface area contributed by atoms with Gasteiger partial charge in [-0.05, 0) is 31.5 Å². The molecule has 0 aliphatic rings. The number of halogens is 2. The molecule has 1 rings (SSSR count). The van der Waals surface area contributed by atoms with E-state index in [0.717, 1.165) is 12.1 Å². The van der Waals surface area contributed by atoms with Crippen LogP contribution in [0.15, 0.2) is 17.0 Å². The lowest BCUT2D eigenvalue weighted by Gasteiger charge is -2.14. The Morgan fingerprint density at radius 3 is 2.60 bits per heavy atom. The molecule has 8 heteroatoms. The van der Waals surface area contributed by atoms with Gasteiger partial charge in [0.2, 0.25) is 10.0 Å². The predicted octanol–water partition coefficient (Wildman–Crippen LogP) is 1.16. The minimum Gasteiger partial charge on any atom is -0.392 e. The first kappa shape index (κ1) is 17.0. The number of aliphatic hydroxyl groups is 1. The second kappa shape index (κ2) is 7.07. The molecule has 0 bridgehead atoms. The quantitative estimate of drug-likeness (QED) is 0.792. The van der Waals surface area contributed by atoms with E-state index in [1.54, 1.807) is 13.8 Å². The number of hydrogen-bond donors (Lipinski definition) is 2. The number of sulfonamides is 1. The third-order valence-corrected chi connectivity index (χ3v) is 3.96. The fraction of sp³-hybridized carbons (Fsp3) is 0.500. The lowest BCUT2D eigenvalue weighted by atomic mass is 10.2. The van der Waals surface area contributed by atoms with Crippen molar-refractivity contribution in [2.45, 2.75) is 31.5 Å². The molecule has 5 nitrogen and oxygen atoms in total. The van der Waals surface area contributed by atoms with Crippen LogP contribution in [0.1, 0.15) is 19.4 Å². The zero-order valence-corrected chi connectivity index (χ0v) is 12.0. The molecule has 0 saturated carbocycles. The summed E-state index contributed by atoms with van der Waals surface area (Å²) >= 11 is 0. The molecule has 0 aliphatic carbocycles. The topological polar surface area (TPSA) is 75.6 Å². The molecule has 1 aromatic carbocycles. The average molecular weight is 309 g/mol. The van der Waals surface area contributed by atoms with E-state index in [1.165, 1.54) is 0 Å². The van der Waals surface area contributed by atoms with Gasteiger partial charge >= 0.3 is 0 Å². The maximum atomic E-state index is 13.6. The average Bonchev–Trinajstić information content (AvgIpc) is 2.39. The molecule has 1 aromatic rings. The summed E-state index contributed by atoms with van der Waals surface area (Å²) in [5.41, 5.74) is -0.0258. The Morgan fingerprint density at radius 2 is 2.05 bits per heavy atom. The van der Waals surface area contributed by atoms with Crippen LogP contribution in [0.4, 0.5) is 8.78 Å². The van der Waals surface area contributed by atoms with Crippen molar-refractivity contribution in [3.63, 3.8) is 0 Å². The minimum atomic E-state index is -4.22. The molecule has 0 amide bonds. The fourth-order valence-corrected chi connectivity index (χ4v) is 2.80. The first-order chi connectivity index (χ1) is 9.31. The van der Waals surface area contributed by atoms with Crippen molar-refractivity contribution >= 4 is 10.0 Å². The molecule has 0 aromatic heterocycles. The third kappa shape index (κ3) is 4.20. The Hall–Kier alpha value is -1.09. The monoisotopic (exact) mass is 309 g/mol. The van der Waals surface area contributed by atoms with E-state index in [9.17, 15) is 17.2 Å². The standard InChI is InChI=1S/C12H17F2NO4S/c1-3-19-8(2)6-15-20(17,18)11-5-9(7-16)4-10(13)12(11)14/h4-5,8,15-16H,3,6-7H2,1-2H3. The van der Waals surface area contributed by atoms with E-state index in [4.69, 9.17) is 9.84 Å². The molecular weight excluding hydrogens is 292 g/mol. The summed E-state index contributed by atoms with van der Waals surface area (Å²) in [6.45, 7) is 3.15. The van der Waals surface area contributed by atoms with Crippen LogP contribution in [0, 0.1) is 11.6 Å². The van der Waals surface area contributed by atoms with Crippen molar-refractivity contribution < 1.29 is 27.0 Å². The van der Waals surface area contributed by atoms with Crippen LogP contribution in [-0.2, 0) is 21.4 Å². The molecule has 0 heterocycles. The van der Waals surface area contributed by atoms with Gasteiger partial charge in [0.25, 0.3) is 0 Å². The Balaban J connectivity index is 3.00. The van der Waals surface area contributed by atoms with Crippen molar-refractivity contribution in [2.24, 2.45) is 0 Å². The number of benzene rings is 1. The van der Waals surface area contributed by atoms with Crippen LogP contribution in [-0.4, -0.2) is 32.8 Å². The summed E-state index contributed by atoms with van der Waals surface area (Å²) in [4.78, 5) is -0.828. The first-order valence-electron chi connectivity index (χ1n) is 6.01. The molecule has 1 unspecified atom stereocenters. The van der Waals surface area contributed by atoms with Gasteiger partial charge in [-0.1, -0.05) is 0 Å². The van der Waals surface area contributed by atoms with E-state index >= 15 is 0 Å². The van der Waals surface area contributed by atoms with E-state index in [-0.39, 0.29) is 12.1 Å². The Bertz CT molecular complexity index is 563. The second-order valence-electron chi connectivity index (χ2n) is 4.17. The van der Waals surface area contributed by atoms with Crippen LogP contribution in [0.5, 0.6) is 0 Å². The van der Waals surface area contributed by atoms with Gasteiger partial charge in [0, 0.05) is 13.2 Å². The summed E-state index contributed by atoms with van der Waals surface area (Å²) in [6.07, 6.45) is -0.399. The highest BCUT2D eigenvalue weighted by Crippen LogP contribution is 2.20. The number of ether oxygens (including phenoxy) is 1. The van der Waals surface area contributed by atoms with Gasteiger partial charge < -0.3 is 9.84 Å². The van der Waals surface area contributed by atoms with E-state index in [0.29, 0.717) is 6.61 Å². The fourth-order valence-electron chi connectivity index (χ4n) is 1.55. The van der Waals surface area contributed by atoms with Crippen LogP contribution in [0.3, 0.4) is 0 Å². The molecule has 0 fully saturated rings. The van der Waals surface area contributed by atoms with Gasteiger partial charge in [-0.3, -0.25) is 0 Å². The molecule has 0 saturated heterocycles. The van der Waals surface area contributed by atoms with Gasteiger partial charge in [-0.25, -0.2) is 21.9 Å². The highest BCUT2D eigenvalue weighted by atomic mass is 32.2. The van der Waals surface area contributed by atoms with Gasteiger partial charge in [0.1, 0.15) is 4.90 Å². The Morgan fingerprint density at radius 1 is 1.40 bits per heavy atom. The van der Waals surface area contributed by atoms with Crippen LogP contribution < -0.4 is 4.72 Å². The molecule has 0 radical (unpaired) electrons. The van der Waals surface area contributed by atoms with Crippen molar-refractivity contribution in [3.8, 4) is 0 Å². The summed E-state index contributed by atoms with van der Waals surface area (Å²) in [6, 6.07) is 1.64. The van der Waals surface area contributed by atoms with E-state index in [2.05, 4.69) is 4.72 Å². The SMILES string of the molecule is CCOC(C)CNS(=O)(=O)c1cc(CO)cc(F)c1F. The van der Waals surface area contributed by atoms with E-state index < -0.39 is 39.3 Å². The molecule has 114 valence electrons. The number of nitrogens with one attached hydrogen (secondary N) is 1. The highest BCUT2D eigenvalue weighted by Gasteiger charge is 2.23. The minimum absolute atomic E-state index is 0.0258. The normalized spacial score (nSPS) is 13.4. The maximum Gasteiger partial charge on any atom is 0.243 e. The maximum absolute atomic E-state index is 13.6. The summed E-state index contributed by atoms with van der Waals surface area (Å²) in [5, 5.41) is 8.91. The lowest BCUT2D eigenvalue weighted by molar-refractivity contribution is 0.0799. The predicted molar refractivity (Wildman–Crippen MR) is 68.6 cm³/mol. The summed E-state index contributed by atoms with van der Waals surface area (Å²) in [5.74, 6) is -2.80. The Kier molecular flexibility index (Phi) is 6.00. The van der Waals surface area contributed by atoms with Gasteiger partial charge in [-0.15, -0.1) is 0 Å². The molecule has 1 atom stereocenters. The van der Waals surface area contributed by atoms with Crippen LogP contribution in [0.2, 0.25) is 0 Å². The zero-order chi connectivity index (χ0) is 15.3. The number of hydrogen-bond acceptors (Lipinski definition) is 4. The third-order valence-electron chi connectivity index (χ3n) is 2.54.